The highest BCUT2D eigenvalue weighted by molar-refractivity contribution is 5.77. The van der Waals surface area contributed by atoms with E-state index in [0.717, 1.165) is 29.4 Å². The molecule has 1 atom stereocenters. The molecule has 1 aliphatic rings. The van der Waals surface area contributed by atoms with Crippen LogP contribution in [0.2, 0.25) is 0 Å². The van der Waals surface area contributed by atoms with Crippen molar-refractivity contribution in [3.63, 3.8) is 0 Å². The normalized spacial score (nSPS) is 17.3. The molecule has 2 N–H and O–H groups in total. The number of aromatic nitrogens is 2. The van der Waals surface area contributed by atoms with Gasteiger partial charge in [0.05, 0.1) is 11.0 Å². The lowest BCUT2D eigenvalue weighted by atomic mass is 10.1. The van der Waals surface area contributed by atoms with Crippen LogP contribution in [0.4, 0.5) is 10.3 Å². The highest BCUT2D eigenvalue weighted by Crippen LogP contribution is 2.36. The average Bonchev–Trinajstić information content (AvgIpc) is 3.07. The Morgan fingerprint density at radius 3 is 3.12 bits per heavy atom. The molecule has 0 aliphatic heterocycles. The van der Waals surface area contributed by atoms with Gasteiger partial charge in [0.25, 0.3) is 0 Å². The fraction of sp³-hybridized carbons (Fsp3) is 0.462. The van der Waals surface area contributed by atoms with Gasteiger partial charge >= 0.3 is 0 Å². The van der Waals surface area contributed by atoms with E-state index in [1.807, 2.05) is 0 Å². The lowest BCUT2D eigenvalue weighted by molar-refractivity contribution is 0.535. The van der Waals surface area contributed by atoms with E-state index in [9.17, 15) is 4.39 Å². The van der Waals surface area contributed by atoms with Crippen molar-refractivity contribution in [3.05, 3.63) is 24.0 Å². The van der Waals surface area contributed by atoms with Gasteiger partial charge in [0.2, 0.25) is 5.95 Å². The van der Waals surface area contributed by atoms with Crippen molar-refractivity contribution >= 4 is 17.0 Å². The van der Waals surface area contributed by atoms with Crippen LogP contribution >= 0.6 is 0 Å². The predicted octanol–water partition coefficient (Wildman–Crippen LogP) is 3.16. The van der Waals surface area contributed by atoms with Crippen LogP contribution in [0, 0.1) is 17.7 Å². The summed E-state index contributed by atoms with van der Waals surface area (Å²) < 4.78 is 13.0. The summed E-state index contributed by atoms with van der Waals surface area (Å²) in [6, 6.07) is 4.59. The van der Waals surface area contributed by atoms with Crippen molar-refractivity contribution in [2.24, 2.45) is 11.8 Å². The largest absolute Gasteiger partial charge is 0.356 e. The molecular weight excluding hydrogens is 217 g/mol. The molecular formula is C13H16FN3. The summed E-state index contributed by atoms with van der Waals surface area (Å²) in [6.07, 6.45) is 2.71. The lowest BCUT2D eigenvalue weighted by Gasteiger charge is -2.09. The summed E-state index contributed by atoms with van der Waals surface area (Å²) in [6.45, 7) is 3.18. The minimum Gasteiger partial charge on any atom is -0.356 e. The zero-order valence-electron chi connectivity index (χ0n) is 9.83. The fourth-order valence-electron chi connectivity index (χ4n) is 2.16. The van der Waals surface area contributed by atoms with Crippen LogP contribution in [0.5, 0.6) is 0 Å². The van der Waals surface area contributed by atoms with Gasteiger partial charge in [-0.2, -0.15) is 0 Å². The summed E-state index contributed by atoms with van der Waals surface area (Å²) in [4.78, 5) is 7.46. The molecule has 1 aromatic carbocycles. The molecule has 90 valence electrons. The number of benzene rings is 1. The molecule has 3 nitrogen and oxygen atoms in total. The Kier molecular flexibility index (Phi) is 2.50. The number of fused-ring (bicyclic) bond motifs is 1. The molecule has 1 aromatic heterocycles. The van der Waals surface area contributed by atoms with Crippen molar-refractivity contribution in [3.8, 4) is 0 Å². The van der Waals surface area contributed by atoms with E-state index in [0.29, 0.717) is 5.92 Å². The number of hydrogen-bond donors (Lipinski definition) is 2. The Hall–Kier alpha value is -1.58. The van der Waals surface area contributed by atoms with Crippen LogP contribution in [0.1, 0.15) is 19.8 Å². The molecule has 1 saturated carbocycles. The molecule has 0 bridgehead atoms. The topological polar surface area (TPSA) is 40.7 Å². The molecule has 1 fully saturated rings. The summed E-state index contributed by atoms with van der Waals surface area (Å²) in [5, 5.41) is 3.29. The van der Waals surface area contributed by atoms with Gasteiger partial charge in [0.1, 0.15) is 5.82 Å². The van der Waals surface area contributed by atoms with E-state index in [4.69, 9.17) is 0 Å². The van der Waals surface area contributed by atoms with Crippen molar-refractivity contribution < 1.29 is 4.39 Å². The number of H-pyrrole nitrogens is 1. The maximum absolute atomic E-state index is 13.0. The van der Waals surface area contributed by atoms with Crippen molar-refractivity contribution in [1.29, 1.82) is 0 Å². The summed E-state index contributed by atoms with van der Waals surface area (Å²) >= 11 is 0. The van der Waals surface area contributed by atoms with Gasteiger partial charge in [0.15, 0.2) is 0 Å². The van der Waals surface area contributed by atoms with Crippen molar-refractivity contribution in [1.82, 2.24) is 9.97 Å². The molecule has 1 aliphatic carbocycles. The number of anilines is 1. The van der Waals surface area contributed by atoms with Gasteiger partial charge in [-0.25, -0.2) is 9.37 Å². The second-order valence-corrected chi connectivity index (χ2v) is 4.94. The van der Waals surface area contributed by atoms with Crippen LogP contribution in [-0.4, -0.2) is 16.5 Å². The smallest absolute Gasteiger partial charge is 0.201 e. The highest BCUT2D eigenvalue weighted by atomic mass is 19.1. The Balaban J connectivity index is 1.72. The van der Waals surface area contributed by atoms with E-state index >= 15 is 0 Å². The van der Waals surface area contributed by atoms with Gasteiger partial charge in [-0.3, -0.25) is 0 Å². The number of aromatic amines is 1. The quantitative estimate of drug-likeness (QED) is 0.851. The minimum atomic E-state index is -0.237. The number of hydrogen-bond acceptors (Lipinski definition) is 2. The molecule has 17 heavy (non-hydrogen) atoms. The molecule has 4 heteroatoms. The highest BCUT2D eigenvalue weighted by Gasteiger charge is 2.27. The Morgan fingerprint density at radius 1 is 1.53 bits per heavy atom. The first kappa shape index (κ1) is 10.6. The molecule has 0 amide bonds. The first-order valence-corrected chi connectivity index (χ1v) is 6.11. The first-order chi connectivity index (χ1) is 8.22. The van der Waals surface area contributed by atoms with Crippen molar-refractivity contribution in [2.45, 2.75) is 19.8 Å². The standard InChI is InChI=1S/C13H16FN3/c1-8(9-2-3-9)7-15-13-16-11-5-4-10(14)6-12(11)17-13/h4-6,8-9H,2-3,7H2,1H3,(H2,15,16,17). The summed E-state index contributed by atoms with van der Waals surface area (Å²) in [5.74, 6) is 2.06. The minimum absolute atomic E-state index is 0.237. The zero-order valence-corrected chi connectivity index (χ0v) is 9.83. The third kappa shape index (κ3) is 2.25. The molecule has 0 radical (unpaired) electrons. The van der Waals surface area contributed by atoms with Crippen LogP contribution in [0.25, 0.3) is 11.0 Å². The predicted molar refractivity (Wildman–Crippen MR) is 66.4 cm³/mol. The maximum atomic E-state index is 13.0. The second kappa shape index (κ2) is 4.02. The van der Waals surface area contributed by atoms with Crippen LogP contribution in [0.15, 0.2) is 18.2 Å². The number of nitrogens with zero attached hydrogens (tertiary/aromatic N) is 1. The number of imidazole rings is 1. The van der Waals surface area contributed by atoms with Gasteiger partial charge < -0.3 is 10.3 Å². The molecule has 1 unspecified atom stereocenters. The third-order valence-electron chi connectivity index (χ3n) is 3.46. The number of halogens is 1. The van der Waals surface area contributed by atoms with Crippen LogP contribution in [0.3, 0.4) is 0 Å². The third-order valence-corrected chi connectivity index (χ3v) is 3.46. The van der Waals surface area contributed by atoms with Gasteiger partial charge in [-0.1, -0.05) is 6.92 Å². The lowest BCUT2D eigenvalue weighted by Crippen LogP contribution is -2.13. The van der Waals surface area contributed by atoms with Gasteiger partial charge in [-0.05, 0) is 42.9 Å². The molecule has 2 aromatic rings. The van der Waals surface area contributed by atoms with Crippen LogP contribution < -0.4 is 5.32 Å². The van der Waals surface area contributed by atoms with E-state index in [-0.39, 0.29) is 5.82 Å². The zero-order chi connectivity index (χ0) is 11.8. The first-order valence-electron chi connectivity index (χ1n) is 6.11. The summed E-state index contributed by atoms with van der Waals surface area (Å²) in [7, 11) is 0. The molecule has 1 heterocycles. The van der Waals surface area contributed by atoms with Gasteiger partial charge in [0, 0.05) is 6.54 Å². The molecule has 3 rings (SSSR count). The Labute approximate surface area is 99.4 Å². The van der Waals surface area contributed by atoms with Crippen LogP contribution in [-0.2, 0) is 0 Å². The fourth-order valence-corrected chi connectivity index (χ4v) is 2.16. The van der Waals surface area contributed by atoms with Crippen molar-refractivity contribution in [2.75, 3.05) is 11.9 Å². The number of rotatable bonds is 4. The Morgan fingerprint density at radius 2 is 2.35 bits per heavy atom. The van der Waals surface area contributed by atoms with Gasteiger partial charge in [-0.15, -0.1) is 0 Å². The van der Waals surface area contributed by atoms with E-state index in [1.54, 1.807) is 6.07 Å². The second-order valence-electron chi connectivity index (χ2n) is 4.94. The molecule has 0 spiro atoms. The maximum Gasteiger partial charge on any atom is 0.201 e. The average molecular weight is 233 g/mol. The van der Waals surface area contributed by atoms with E-state index in [2.05, 4.69) is 22.2 Å². The number of nitrogens with one attached hydrogen (secondary N) is 2. The molecule has 0 saturated heterocycles. The summed E-state index contributed by atoms with van der Waals surface area (Å²) in [5.41, 5.74) is 1.54. The van der Waals surface area contributed by atoms with E-state index < -0.39 is 0 Å². The monoisotopic (exact) mass is 233 g/mol. The van der Waals surface area contributed by atoms with E-state index in [1.165, 1.54) is 25.0 Å². The SMILES string of the molecule is CC(CNc1nc2ccc(F)cc2[nH]1)C1CC1. The Bertz CT molecular complexity index is 530.